The summed E-state index contributed by atoms with van der Waals surface area (Å²) in [4.78, 5) is 12.5. The van der Waals surface area contributed by atoms with Gasteiger partial charge in [-0.1, -0.05) is 31.9 Å². The van der Waals surface area contributed by atoms with Crippen molar-refractivity contribution in [1.29, 1.82) is 0 Å². The van der Waals surface area contributed by atoms with Crippen LogP contribution in [0.2, 0.25) is 0 Å². The van der Waals surface area contributed by atoms with Crippen molar-refractivity contribution in [2.45, 2.75) is 44.1 Å². The van der Waals surface area contributed by atoms with Crippen molar-refractivity contribution in [3.8, 4) is 5.75 Å². The minimum Gasteiger partial charge on any atom is -0.491 e. The second-order valence-electron chi connectivity index (χ2n) is 6.74. The van der Waals surface area contributed by atoms with E-state index < -0.39 is 15.9 Å². The first kappa shape index (κ1) is 20.4. The highest BCUT2D eigenvalue weighted by Crippen LogP contribution is 2.26. The Labute approximate surface area is 165 Å². The molecule has 0 saturated carbocycles. The van der Waals surface area contributed by atoms with Gasteiger partial charge in [0.1, 0.15) is 5.75 Å². The van der Waals surface area contributed by atoms with Gasteiger partial charge >= 0.3 is 0 Å². The number of sulfonamides is 1. The Bertz CT molecular complexity index is 901. The van der Waals surface area contributed by atoms with Gasteiger partial charge in [-0.05, 0) is 43.5 Å². The molecule has 28 heavy (non-hydrogen) atoms. The third-order valence-corrected chi connectivity index (χ3v) is 6.38. The van der Waals surface area contributed by atoms with Crippen molar-refractivity contribution >= 4 is 21.6 Å². The molecule has 0 atom stereocenters. The van der Waals surface area contributed by atoms with Crippen molar-refractivity contribution in [2.75, 3.05) is 25.0 Å². The van der Waals surface area contributed by atoms with Crippen LogP contribution in [0.1, 0.15) is 49.6 Å². The number of carbonyl (C=O) groups excluding carboxylic acids is 1. The van der Waals surface area contributed by atoms with Crippen LogP contribution in [-0.2, 0) is 10.0 Å². The zero-order valence-corrected chi connectivity index (χ0v) is 16.8. The fraction of sp³-hybridized carbons (Fsp3) is 0.450. The Kier molecular flexibility index (Phi) is 6.74. The van der Waals surface area contributed by atoms with Gasteiger partial charge in [-0.3, -0.25) is 4.79 Å². The van der Waals surface area contributed by atoms with Gasteiger partial charge in [-0.15, -0.1) is 0 Å². The number of para-hydroxylation sites is 2. The van der Waals surface area contributed by atoms with E-state index in [9.17, 15) is 13.2 Å². The molecule has 1 amide bonds. The van der Waals surface area contributed by atoms with Gasteiger partial charge in [0.05, 0.1) is 12.3 Å². The van der Waals surface area contributed by atoms with E-state index in [4.69, 9.17) is 9.15 Å². The summed E-state index contributed by atoms with van der Waals surface area (Å²) in [5, 5.41) is 2.53. The van der Waals surface area contributed by atoms with E-state index in [1.165, 1.54) is 16.4 Å². The molecule has 2 aromatic rings. The van der Waals surface area contributed by atoms with E-state index in [-0.39, 0.29) is 10.9 Å². The van der Waals surface area contributed by atoms with E-state index in [1.54, 1.807) is 18.2 Å². The Morgan fingerprint density at radius 1 is 1.14 bits per heavy atom. The number of hydrogen-bond acceptors (Lipinski definition) is 5. The van der Waals surface area contributed by atoms with Crippen molar-refractivity contribution in [3.05, 3.63) is 42.2 Å². The summed E-state index contributed by atoms with van der Waals surface area (Å²) in [7, 11) is -3.71. The first-order valence-corrected chi connectivity index (χ1v) is 11.1. The molecule has 3 rings (SSSR count). The molecule has 152 valence electrons. The van der Waals surface area contributed by atoms with E-state index in [0.29, 0.717) is 31.1 Å². The molecule has 1 aromatic carbocycles. The SMILES string of the molecule is CCCCOc1ccccc1NC(=O)c1ccc(S(=O)(=O)N2CCCCC2)o1. The molecular weight excluding hydrogens is 380 g/mol. The lowest BCUT2D eigenvalue weighted by Gasteiger charge is -2.24. The van der Waals surface area contributed by atoms with Crippen molar-refractivity contribution < 1.29 is 22.4 Å². The highest BCUT2D eigenvalue weighted by Gasteiger charge is 2.29. The van der Waals surface area contributed by atoms with Crippen LogP contribution in [0.15, 0.2) is 45.9 Å². The summed E-state index contributed by atoms with van der Waals surface area (Å²) in [5.74, 6) is -0.0115. The number of benzene rings is 1. The zero-order valence-electron chi connectivity index (χ0n) is 16.0. The lowest BCUT2D eigenvalue weighted by molar-refractivity contribution is 0.0990. The number of furan rings is 1. The second kappa shape index (κ2) is 9.25. The lowest BCUT2D eigenvalue weighted by Crippen LogP contribution is -2.35. The number of unbranched alkanes of at least 4 members (excludes halogenated alkanes) is 1. The predicted octanol–water partition coefficient (Wildman–Crippen LogP) is 3.89. The number of carbonyl (C=O) groups is 1. The summed E-state index contributed by atoms with van der Waals surface area (Å²) in [6.07, 6.45) is 4.62. The summed E-state index contributed by atoms with van der Waals surface area (Å²) < 4.78 is 37.8. The molecule has 2 heterocycles. The van der Waals surface area contributed by atoms with Crippen LogP contribution in [0.4, 0.5) is 5.69 Å². The number of piperidine rings is 1. The smallest absolute Gasteiger partial charge is 0.291 e. The zero-order chi connectivity index (χ0) is 20.0. The number of nitrogens with zero attached hydrogens (tertiary/aromatic N) is 1. The Morgan fingerprint density at radius 3 is 2.64 bits per heavy atom. The highest BCUT2D eigenvalue weighted by atomic mass is 32.2. The number of amides is 1. The summed E-state index contributed by atoms with van der Waals surface area (Å²) >= 11 is 0. The number of ether oxygens (including phenoxy) is 1. The maximum atomic E-state index is 12.7. The van der Waals surface area contributed by atoms with Gasteiger partial charge in [-0.25, -0.2) is 8.42 Å². The quantitative estimate of drug-likeness (QED) is 0.672. The fourth-order valence-corrected chi connectivity index (χ4v) is 4.45. The molecule has 0 radical (unpaired) electrons. The van der Waals surface area contributed by atoms with Gasteiger partial charge in [0.15, 0.2) is 5.76 Å². The normalized spacial score (nSPS) is 15.3. The topological polar surface area (TPSA) is 88.8 Å². The van der Waals surface area contributed by atoms with Gasteiger partial charge in [-0.2, -0.15) is 4.31 Å². The molecule has 8 heteroatoms. The van der Waals surface area contributed by atoms with Gasteiger partial charge in [0.25, 0.3) is 15.9 Å². The third-order valence-electron chi connectivity index (χ3n) is 4.61. The minimum atomic E-state index is -3.71. The Morgan fingerprint density at radius 2 is 1.89 bits per heavy atom. The van der Waals surface area contributed by atoms with E-state index in [0.717, 1.165) is 32.1 Å². The summed E-state index contributed by atoms with van der Waals surface area (Å²) in [6.45, 7) is 3.59. The predicted molar refractivity (Wildman–Crippen MR) is 106 cm³/mol. The van der Waals surface area contributed by atoms with Gasteiger partial charge < -0.3 is 14.5 Å². The van der Waals surface area contributed by atoms with Crippen LogP contribution in [0.3, 0.4) is 0 Å². The molecule has 7 nitrogen and oxygen atoms in total. The van der Waals surface area contributed by atoms with E-state index in [1.807, 2.05) is 6.07 Å². The summed E-state index contributed by atoms with van der Waals surface area (Å²) in [6, 6.07) is 9.84. The maximum Gasteiger partial charge on any atom is 0.291 e. The molecule has 1 fully saturated rings. The first-order valence-electron chi connectivity index (χ1n) is 9.65. The lowest BCUT2D eigenvalue weighted by atomic mass is 10.2. The third kappa shape index (κ3) is 4.74. The average Bonchev–Trinajstić information content (AvgIpc) is 3.21. The van der Waals surface area contributed by atoms with Crippen LogP contribution in [0.25, 0.3) is 0 Å². The molecule has 1 aliphatic heterocycles. The second-order valence-corrected chi connectivity index (χ2v) is 8.60. The molecule has 1 saturated heterocycles. The Hall–Kier alpha value is -2.32. The largest absolute Gasteiger partial charge is 0.491 e. The monoisotopic (exact) mass is 406 g/mol. The standard InChI is InChI=1S/C20H26N2O5S/c1-2-3-15-26-17-10-6-5-9-16(17)21-20(23)18-11-12-19(27-18)28(24,25)22-13-7-4-8-14-22/h5-6,9-12H,2-4,7-8,13-15H2,1H3,(H,21,23). The molecular formula is C20H26N2O5S. The number of rotatable bonds is 8. The molecule has 1 aromatic heterocycles. The van der Waals surface area contributed by atoms with Gasteiger partial charge in [0.2, 0.25) is 5.09 Å². The van der Waals surface area contributed by atoms with Crippen LogP contribution >= 0.6 is 0 Å². The average molecular weight is 407 g/mol. The fourth-order valence-electron chi connectivity index (χ4n) is 3.02. The van der Waals surface area contributed by atoms with Crippen molar-refractivity contribution in [1.82, 2.24) is 4.31 Å². The molecule has 1 N–H and O–H groups in total. The molecule has 0 bridgehead atoms. The van der Waals surface area contributed by atoms with Gasteiger partial charge in [0, 0.05) is 13.1 Å². The van der Waals surface area contributed by atoms with Crippen LogP contribution in [-0.4, -0.2) is 38.3 Å². The molecule has 0 unspecified atom stereocenters. The number of anilines is 1. The first-order chi connectivity index (χ1) is 13.5. The van der Waals surface area contributed by atoms with E-state index >= 15 is 0 Å². The van der Waals surface area contributed by atoms with E-state index in [2.05, 4.69) is 12.2 Å². The number of nitrogens with one attached hydrogen (secondary N) is 1. The van der Waals surface area contributed by atoms with Crippen LogP contribution in [0, 0.1) is 0 Å². The number of hydrogen-bond donors (Lipinski definition) is 1. The molecule has 0 spiro atoms. The minimum absolute atomic E-state index is 0.0565. The van der Waals surface area contributed by atoms with Crippen LogP contribution < -0.4 is 10.1 Å². The van der Waals surface area contributed by atoms with Crippen LogP contribution in [0.5, 0.6) is 5.75 Å². The van der Waals surface area contributed by atoms with Crippen molar-refractivity contribution in [2.24, 2.45) is 0 Å². The summed E-state index contributed by atoms with van der Waals surface area (Å²) in [5.41, 5.74) is 0.514. The highest BCUT2D eigenvalue weighted by molar-refractivity contribution is 7.89. The molecule has 0 aliphatic carbocycles. The van der Waals surface area contributed by atoms with Crippen molar-refractivity contribution in [3.63, 3.8) is 0 Å². The Balaban J connectivity index is 1.71. The molecule has 1 aliphatic rings. The maximum absolute atomic E-state index is 12.7.